The third-order valence-electron chi connectivity index (χ3n) is 4.12. The molecule has 7 heteroatoms. The van der Waals surface area contributed by atoms with E-state index in [-0.39, 0.29) is 12.1 Å². The molecule has 0 amide bonds. The van der Waals surface area contributed by atoms with Crippen molar-refractivity contribution in [1.82, 2.24) is 9.71 Å². The van der Waals surface area contributed by atoms with E-state index in [1.807, 2.05) is 36.4 Å². The van der Waals surface area contributed by atoms with Crippen LogP contribution in [0.1, 0.15) is 13.8 Å². The molecule has 2 heterocycles. The largest absolute Gasteiger partial charge is 0.486 e. The third kappa shape index (κ3) is 4.36. The Hall–Kier alpha value is -1.96. The molecule has 1 N–H and O–H groups in total. The highest BCUT2D eigenvalue weighted by Gasteiger charge is 2.34. The van der Waals surface area contributed by atoms with Crippen LogP contribution in [-0.2, 0) is 14.8 Å². The minimum Gasteiger partial charge on any atom is -0.486 e. The second-order valence-electron chi connectivity index (χ2n) is 6.27. The normalized spacial score (nSPS) is 20.8. The maximum Gasteiger partial charge on any atom is 0.214 e. The number of pyridine rings is 1. The molecule has 0 saturated carbocycles. The summed E-state index contributed by atoms with van der Waals surface area (Å²) in [6.45, 7) is 3.96. The van der Waals surface area contributed by atoms with E-state index in [1.54, 1.807) is 26.2 Å². The van der Waals surface area contributed by atoms with Gasteiger partial charge in [-0.15, -0.1) is 0 Å². The minimum absolute atomic E-state index is 0.311. The molecular weight excluding hydrogens is 340 g/mol. The van der Waals surface area contributed by atoms with E-state index < -0.39 is 15.3 Å². The molecule has 1 aliphatic rings. The van der Waals surface area contributed by atoms with Crippen LogP contribution in [0.2, 0.25) is 0 Å². The first kappa shape index (κ1) is 17.8. The number of nitrogens with zero attached hydrogens (tertiary/aromatic N) is 1. The summed E-state index contributed by atoms with van der Waals surface area (Å²) in [5.41, 5.74) is 2.14. The van der Waals surface area contributed by atoms with Gasteiger partial charge in [0.15, 0.2) is 0 Å². The van der Waals surface area contributed by atoms with Crippen LogP contribution in [0.5, 0.6) is 5.75 Å². The van der Waals surface area contributed by atoms with Gasteiger partial charge in [0.25, 0.3) is 0 Å². The van der Waals surface area contributed by atoms with Crippen molar-refractivity contribution in [2.75, 3.05) is 13.2 Å². The second-order valence-corrected chi connectivity index (χ2v) is 8.54. The van der Waals surface area contributed by atoms with E-state index >= 15 is 0 Å². The Morgan fingerprint density at radius 2 is 1.72 bits per heavy atom. The van der Waals surface area contributed by atoms with Crippen molar-refractivity contribution in [3.8, 4) is 16.9 Å². The first-order valence-corrected chi connectivity index (χ1v) is 9.76. The second kappa shape index (κ2) is 7.51. The molecule has 2 atom stereocenters. The van der Waals surface area contributed by atoms with Crippen LogP contribution in [0.3, 0.4) is 0 Å². The van der Waals surface area contributed by atoms with Gasteiger partial charge in [-0.25, -0.2) is 13.1 Å². The molecule has 0 radical (unpaired) electrons. The fraction of sp³-hybridized carbons (Fsp3) is 0.389. The van der Waals surface area contributed by atoms with Crippen molar-refractivity contribution >= 4 is 10.0 Å². The van der Waals surface area contributed by atoms with E-state index in [0.29, 0.717) is 19.0 Å². The fourth-order valence-electron chi connectivity index (χ4n) is 2.55. The van der Waals surface area contributed by atoms with E-state index in [9.17, 15) is 8.42 Å². The first-order chi connectivity index (χ1) is 12.0. The molecule has 1 aromatic heterocycles. The molecular formula is C18H22N2O4S. The zero-order chi connectivity index (χ0) is 17.9. The summed E-state index contributed by atoms with van der Waals surface area (Å²) in [5.74, 6) is 0.682. The van der Waals surface area contributed by atoms with Crippen LogP contribution in [0, 0.1) is 0 Å². The van der Waals surface area contributed by atoms with Crippen molar-refractivity contribution in [3.05, 3.63) is 48.8 Å². The monoisotopic (exact) mass is 362 g/mol. The van der Waals surface area contributed by atoms with Gasteiger partial charge in [0.2, 0.25) is 10.0 Å². The molecule has 1 saturated heterocycles. The average molecular weight is 362 g/mol. The number of rotatable bonds is 6. The van der Waals surface area contributed by atoms with Gasteiger partial charge in [-0.1, -0.05) is 12.1 Å². The molecule has 0 aliphatic carbocycles. The molecule has 1 aliphatic heterocycles. The standard InChI is InChI=1S/C18H22N2O4S/c1-13(2)25(21,22)20-17-11-23-12-18(17)24-16-5-3-14(4-6-16)15-7-9-19-10-8-15/h3-10,13,17-18,20H,11-12H2,1-2H3. The highest BCUT2D eigenvalue weighted by atomic mass is 32.2. The highest BCUT2D eigenvalue weighted by molar-refractivity contribution is 7.90. The van der Waals surface area contributed by atoms with E-state index in [0.717, 1.165) is 11.1 Å². The molecule has 2 unspecified atom stereocenters. The maximum atomic E-state index is 12.1. The third-order valence-corrected chi connectivity index (χ3v) is 5.99. The number of aromatic nitrogens is 1. The predicted molar refractivity (Wildman–Crippen MR) is 95.9 cm³/mol. The first-order valence-electron chi connectivity index (χ1n) is 8.22. The molecule has 25 heavy (non-hydrogen) atoms. The van der Waals surface area contributed by atoms with E-state index in [4.69, 9.17) is 9.47 Å². The van der Waals surface area contributed by atoms with Crippen LogP contribution >= 0.6 is 0 Å². The smallest absolute Gasteiger partial charge is 0.214 e. The predicted octanol–water partition coefficient (Wildman–Crippen LogP) is 2.22. The summed E-state index contributed by atoms with van der Waals surface area (Å²) in [6.07, 6.45) is 3.16. The Balaban J connectivity index is 1.67. The van der Waals surface area contributed by atoms with Gasteiger partial charge in [0.05, 0.1) is 24.5 Å². The van der Waals surface area contributed by atoms with Gasteiger partial charge >= 0.3 is 0 Å². The zero-order valence-corrected chi connectivity index (χ0v) is 15.1. The molecule has 1 fully saturated rings. The zero-order valence-electron chi connectivity index (χ0n) is 14.3. The van der Waals surface area contributed by atoms with E-state index in [2.05, 4.69) is 9.71 Å². The van der Waals surface area contributed by atoms with Gasteiger partial charge in [-0.2, -0.15) is 0 Å². The van der Waals surface area contributed by atoms with Crippen LogP contribution < -0.4 is 9.46 Å². The lowest BCUT2D eigenvalue weighted by molar-refractivity contribution is 0.140. The Bertz CT molecular complexity index is 792. The fourth-order valence-corrected chi connectivity index (χ4v) is 3.47. The number of nitrogens with one attached hydrogen (secondary N) is 1. The van der Waals surface area contributed by atoms with Gasteiger partial charge in [0.1, 0.15) is 11.9 Å². The molecule has 0 bridgehead atoms. The topological polar surface area (TPSA) is 77.5 Å². The lowest BCUT2D eigenvalue weighted by Gasteiger charge is -2.21. The Morgan fingerprint density at radius 3 is 2.36 bits per heavy atom. The summed E-state index contributed by atoms with van der Waals surface area (Å²) in [6, 6.07) is 11.2. The van der Waals surface area contributed by atoms with Crippen molar-refractivity contribution in [3.63, 3.8) is 0 Å². The molecule has 1 aromatic carbocycles. The van der Waals surface area contributed by atoms with Crippen LogP contribution in [0.4, 0.5) is 0 Å². The average Bonchev–Trinajstić information content (AvgIpc) is 3.02. The van der Waals surface area contributed by atoms with Gasteiger partial charge in [0, 0.05) is 12.4 Å². The van der Waals surface area contributed by atoms with Crippen LogP contribution in [0.25, 0.3) is 11.1 Å². The summed E-state index contributed by atoms with van der Waals surface area (Å²) in [4.78, 5) is 4.01. The van der Waals surface area contributed by atoms with Gasteiger partial charge in [-0.05, 0) is 49.2 Å². The Kier molecular flexibility index (Phi) is 5.36. The Labute approximate surface area is 148 Å². The van der Waals surface area contributed by atoms with E-state index in [1.165, 1.54) is 0 Å². The molecule has 2 aromatic rings. The van der Waals surface area contributed by atoms with Crippen molar-refractivity contribution in [1.29, 1.82) is 0 Å². The van der Waals surface area contributed by atoms with Crippen LogP contribution in [-0.4, -0.2) is 44.0 Å². The summed E-state index contributed by atoms with van der Waals surface area (Å²) >= 11 is 0. The lowest BCUT2D eigenvalue weighted by Crippen LogP contribution is -2.47. The minimum atomic E-state index is -3.37. The quantitative estimate of drug-likeness (QED) is 0.853. The van der Waals surface area contributed by atoms with Crippen molar-refractivity contribution < 1.29 is 17.9 Å². The van der Waals surface area contributed by atoms with Crippen molar-refractivity contribution in [2.45, 2.75) is 31.2 Å². The molecule has 0 spiro atoms. The lowest BCUT2D eigenvalue weighted by atomic mass is 10.1. The summed E-state index contributed by atoms with van der Waals surface area (Å²) < 4.78 is 38.1. The van der Waals surface area contributed by atoms with Gasteiger partial charge < -0.3 is 9.47 Å². The number of ether oxygens (including phenoxy) is 2. The molecule has 3 rings (SSSR count). The Morgan fingerprint density at radius 1 is 1.08 bits per heavy atom. The summed E-state index contributed by atoms with van der Waals surface area (Å²) in [5, 5.41) is -0.492. The number of hydrogen-bond donors (Lipinski definition) is 1. The number of benzene rings is 1. The summed E-state index contributed by atoms with van der Waals surface area (Å²) in [7, 11) is -3.37. The number of hydrogen-bond acceptors (Lipinski definition) is 5. The van der Waals surface area contributed by atoms with Crippen LogP contribution in [0.15, 0.2) is 48.8 Å². The highest BCUT2D eigenvalue weighted by Crippen LogP contribution is 2.24. The van der Waals surface area contributed by atoms with Gasteiger partial charge in [-0.3, -0.25) is 4.98 Å². The van der Waals surface area contributed by atoms with Crippen molar-refractivity contribution in [2.24, 2.45) is 0 Å². The SMILES string of the molecule is CC(C)S(=O)(=O)NC1COCC1Oc1ccc(-c2ccncc2)cc1. The maximum absolute atomic E-state index is 12.1. The number of sulfonamides is 1. The molecule has 134 valence electrons. The molecule has 6 nitrogen and oxygen atoms in total.